The Morgan fingerprint density at radius 2 is 1.74 bits per heavy atom. The van der Waals surface area contributed by atoms with Crippen LogP contribution in [0.4, 0.5) is 0 Å². The first kappa shape index (κ1) is 22.8. The zero-order valence-electron chi connectivity index (χ0n) is 18.6. The standard InChI is InChI=1S/C25H34N4O2/c1-3-26-25(27-18-20-10-12-22(13-11-20)24(30)31-4-2)28-23-14-16-29(17-15-23)19-21-8-6-5-7-9-21/h5-13,23H,3-4,14-19H2,1-2H3,(H2,26,27,28). The summed E-state index contributed by atoms with van der Waals surface area (Å²) in [5.74, 6) is 0.560. The van der Waals surface area contributed by atoms with Gasteiger partial charge in [0.05, 0.1) is 18.7 Å². The summed E-state index contributed by atoms with van der Waals surface area (Å²) < 4.78 is 5.03. The van der Waals surface area contributed by atoms with Gasteiger partial charge in [0.25, 0.3) is 0 Å². The Labute approximate surface area is 185 Å². The molecule has 31 heavy (non-hydrogen) atoms. The molecule has 0 saturated carbocycles. The maximum absolute atomic E-state index is 11.8. The minimum Gasteiger partial charge on any atom is -0.462 e. The van der Waals surface area contributed by atoms with Gasteiger partial charge < -0.3 is 15.4 Å². The second-order valence-electron chi connectivity index (χ2n) is 7.79. The normalized spacial score (nSPS) is 15.5. The molecule has 3 rings (SSSR count). The Kier molecular flexibility index (Phi) is 8.91. The van der Waals surface area contributed by atoms with Crippen molar-refractivity contribution >= 4 is 11.9 Å². The van der Waals surface area contributed by atoms with E-state index >= 15 is 0 Å². The van der Waals surface area contributed by atoms with Crippen molar-refractivity contribution in [3.8, 4) is 0 Å². The number of benzene rings is 2. The van der Waals surface area contributed by atoms with E-state index in [1.54, 1.807) is 12.1 Å². The molecule has 2 aromatic rings. The molecule has 0 aliphatic carbocycles. The first-order valence-corrected chi connectivity index (χ1v) is 11.2. The molecule has 1 saturated heterocycles. The van der Waals surface area contributed by atoms with Crippen LogP contribution in [0.3, 0.4) is 0 Å². The lowest BCUT2D eigenvalue weighted by molar-refractivity contribution is 0.0526. The van der Waals surface area contributed by atoms with E-state index in [0.717, 1.165) is 50.5 Å². The number of guanidine groups is 1. The highest BCUT2D eigenvalue weighted by Gasteiger charge is 2.20. The molecule has 6 nitrogen and oxygen atoms in total. The average molecular weight is 423 g/mol. The van der Waals surface area contributed by atoms with Crippen LogP contribution < -0.4 is 10.6 Å². The number of piperidine rings is 1. The Morgan fingerprint density at radius 1 is 1.03 bits per heavy atom. The summed E-state index contributed by atoms with van der Waals surface area (Å²) >= 11 is 0. The van der Waals surface area contributed by atoms with Crippen LogP contribution in [0, 0.1) is 0 Å². The maximum Gasteiger partial charge on any atom is 0.338 e. The first-order chi connectivity index (χ1) is 15.2. The van der Waals surface area contributed by atoms with E-state index < -0.39 is 0 Å². The Morgan fingerprint density at radius 3 is 2.39 bits per heavy atom. The van der Waals surface area contributed by atoms with Crippen LogP contribution in [0.25, 0.3) is 0 Å². The van der Waals surface area contributed by atoms with Crippen molar-refractivity contribution in [3.05, 3.63) is 71.3 Å². The number of nitrogens with one attached hydrogen (secondary N) is 2. The smallest absolute Gasteiger partial charge is 0.338 e. The summed E-state index contributed by atoms with van der Waals surface area (Å²) in [6.45, 7) is 8.84. The summed E-state index contributed by atoms with van der Waals surface area (Å²) in [5.41, 5.74) is 3.00. The molecule has 2 aromatic carbocycles. The van der Waals surface area contributed by atoms with Gasteiger partial charge in [-0.25, -0.2) is 9.79 Å². The van der Waals surface area contributed by atoms with Gasteiger partial charge in [-0.3, -0.25) is 4.90 Å². The number of carbonyl (C=O) groups is 1. The monoisotopic (exact) mass is 422 g/mol. The van der Waals surface area contributed by atoms with Gasteiger partial charge in [0.2, 0.25) is 0 Å². The molecule has 6 heteroatoms. The summed E-state index contributed by atoms with van der Waals surface area (Å²) in [6, 6.07) is 18.5. The van der Waals surface area contributed by atoms with Gasteiger partial charge in [-0.15, -0.1) is 0 Å². The molecule has 0 bridgehead atoms. The van der Waals surface area contributed by atoms with Crippen molar-refractivity contribution in [2.24, 2.45) is 4.99 Å². The topological polar surface area (TPSA) is 66.0 Å². The van der Waals surface area contributed by atoms with Crippen LogP contribution >= 0.6 is 0 Å². The van der Waals surface area contributed by atoms with Gasteiger partial charge in [-0.05, 0) is 49.9 Å². The fraction of sp³-hybridized carbons (Fsp3) is 0.440. The molecule has 0 radical (unpaired) electrons. The Balaban J connectivity index is 1.49. The lowest BCUT2D eigenvalue weighted by Gasteiger charge is -2.33. The molecular formula is C25H34N4O2. The zero-order chi connectivity index (χ0) is 21.9. The summed E-state index contributed by atoms with van der Waals surface area (Å²) in [4.78, 5) is 19.0. The number of nitrogens with zero attached hydrogens (tertiary/aromatic N) is 2. The van der Waals surface area contributed by atoms with Crippen LogP contribution in [0.5, 0.6) is 0 Å². The van der Waals surface area contributed by atoms with Crippen LogP contribution in [0.15, 0.2) is 59.6 Å². The third kappa shape index (κ3) is 7.40. The van der Waals surface area contributed by atoms with Crippen LogP contribution in [-0.4, -0.2) is 49.1 Å². The van der Waals surface area contributed by atoms with E-state index in [1.165, 1.54) is 5.56 Å². The van der Waals surface area contributed by atoms with E-state index in [9.17, 15) is 4.79 Å². The van der Waals surface area contributed by atoms with Crippen molar-refractivity contribution in [2.45, 2.75) is 45.8 Å². The highest BCUT2D eigenvalue weighted by molar-refractivity contribution is 5.89. The number of hydrogen-bond donors (Lipinski definition) is 2. The van der Waals surface area contributed by atoms with Crippen molar-refractivity contribution in [2.75, 3.05) is 26.2 Å². The van der Waals surface area contributed by atoms with Crippen LogP contribution in [0.2, 0.25) is 0 Å². The number of ether oxygens (including phenoxy) is 1. The molecular weight excluding hydrogens is 388 g/mol. The highest BCUT2D eigenvalue weighted by Crippen LogP contribution is 2.14. The molecule has 0 atom stereocenters. The predicted molar refractivity (Wildman–Crippen MR) is 125 cm³/mol. The summed E-state index contributed by atoms with van der Waals surface area (Å²) in [6.07, 6.45) is 2.21. The molecule has 1 aliphatic rings. The highest BCUT2D eigenvalue weighted by atomic mass is 16.5. The van der Waals surface area contributed by atoms with Gasteiger partial charge in [0.1, 0.15) is 0 Å². The minimum absolute atomic E-state index is 0.286. The van der Waals surface area contributed by atoms with Crippen LogP contribution in [-0.2, 0) is 17.8 Å². The molecule has 0 amide bonds. The number of esters is 1. The van der Waals surface area contributed by atoms with Crippen molar-refractivity contribution in [1.29, 1.82) is 0 Å². The molecule has 166 valence electrons. The number of hydrogen-bond acceptors (Lipinski definition) is 4. The Hall–Kier alpha value is -2.86. The summed E-state index contributed by atoms with van der Waals surface area (Å²) in [5, 5.41) is 6.94. The molecule has 2 N–H and O–H groups in total. The molecule has 0 spiro atoms. The first-order valence-electron chi connectivity index (χ1n) is 11.2. The number of likely N-dealkylation sites (tertiary alicyclic amines) is 1. The van der Waals surface area contributed by atoms with Gasteiger partial charge in [0, 0.05) is 32.2 Å². The summed E-state index contributed by atoms with van der Waals surface area (Å²) in [7, 11) is 0. The van der Waals surface area contributed by atoms with Gasteiger partial charge >= 0.3 is 5.97 Å². The quantitative estimate of drug-likeness (QED) is 0.387. The predicted octanol–water partition coefficient (Wildman–Crippen LogP) is 3.58. The van der Waals surface area contributed by atoms with Gasteiger partial charge in [-0.2, -0.15) is 0 Å². The van der Waals surface area contributed by atoms with E-state index in [2.05, 4.69) is 52.8 Å². The Bertz CT molecular complexity index is 828. The largest absolute Gasteiger partial charge is 0.462 e. The average Bonchev–Trinajstić information content (AvgIpc) is 2.80. The fourth-order valence-electron chi connectivity index (χ4n) is 3.72. The van der Waals surface area contributed by atoms with Crippen molar-refractivity contribution in [1.82, 2.24) is 15.5 Å². The number of carbonyl (C=O) groups excluding carboxylic acids is 1. The molecule has 1 aliphatic heterocycles. The zero-order valence-corrected chi connectivity index (χ0v) is 18.6. The van der Waals surface area contributed by atoms with Gasteiger partial charge in [-0.1, -0.05) is 42.5 Å². The third-order valence-electron chi connectivity index (χ3n) is 5.41. The second kappa shape index (κ2) is 12.1. The van der Waals surface area contributed by atoms with Gasteiger partial charge in [0.15, 0.2) is 5.96 Å². The SMILES string of the molecule is CCNC(=NCc1ccc(C(=O)OCC)cc1)NC1CCN(Cc2ccccc2)CC1. The van der Waals surface area contributed by atoms with E-state index in [0.29, 0.717) is 24.8 Å². The van der Waals surface area contributed by atoms with E-state index in [1.807, 2.05) is 19.1 Å². The molecule has 0 aromatic heterocycles. The maximum atomic E-state index is 11.8. The second-order valence-corrected chi connectivity index (χ2v) is 7.79. The molecule has 0 unspecified atom stereocenters. The van der Waals surface area contributed by atoms with Crippen molar-refractivity contribution in [3.63, 3.8) is 0 Å². The fourth-order valence-corrected chi connectivity index (χ4v) is 3.72. The molecule has 1 heterocycles. The molecule has 1 fully saturated rings. The van der Waals surface area contributed by atoms with E-state index in [4.69, 9.17) is 9.73 Å². The number of aliphatic imine (C=N–C) groups is 1. The lowest BCUT2D eigenvalue weighted by Crippen LogP contribution is -2.48. The minimum atomic E-state index is -0.286. The van der Waals surface area contributed by atoms with E-state index in [-0.39, 0.29) is 5.97 Å². The van der Waals surface area contributed by atoms with Crippen LogP contribution in [0.1, 0.15) is 48.2 Å². The number of rotatable bonds is 8. The van der Waals surface area contributed by atoms with Crippen molar-refractivity contribution < 1.29 is 9.53 Å². The third-order valence-corrected chi connectivity index (χ3v) is 5.41. The lowest BCUT2D eigenvalue weighted by atomic mass is 10.0.